The highest BCUT2D eigenvalue weighted by Gasteiger charge is 2.15. The Morgan fingerprint density at radius 3 is 2.65 bits per heavy atom. The van der Waals surface area contributed by atoms with Crippen LogP contribution in [0.2, 0.25) is 0 Å². The molecular formula is C16H12O4. The molecule has 1 heterocycles. The fourth-order valence-corrected chi connectivity index (χ4v) is 1.94. The standard InChI is InChI=1S/C16H12O4/c17-13-8-4-7-12-9-14(20-15(12)13)16(18)19-10-11-5-2-1-3-6-11/h1-9,17H,10H2. The van der Waals surface area contributed by atoms with Crippen LogP contribution in [0.3, 0.4) is 0 Å². The Balaban J connectivity index is 1.77. The molecule has 0 aliphatic carbocycles. The lowest BCUT2D eigenvalue weighted by molar-refractivity contribution is 0.0438. The molecule has 0 saturated heterocycles. The first-order chi connectivity index (χ1) is 9.74. The van der Waals surface area contributed by atoms with Crippen molar-refractivity contribution in [3.63, 3.8) is 0 Å². The van der Waals surface area contributed by atoms with Gasteiger partial charge in [-0.25, -0.2) is 4.79 Å². The SMILES string of the molecule is O=C(OCc1ccccc1)c1cc2cccc(O)c2o1. The minimum absolute atomic E-state index is 0.00427. The van der Waals surface area contributed by atoms with Gasteiger partial charge < -0.3 is 14.3 Å². The summed E-state index contributed by atoms with van der Waals surface area (Å²) in [6.45, 7) is 0.183. The van der Waals surface area contributed by atoms with Gasteiger partial charge in [-0.2, -0.15) is 0 Å². The van der Waals surface area contributed by atoms with Crippen LogP contribution in [0.1, 0.15) is 16.1 Å². The number of ether oxygens (including phenoxy) is 1. The van der Waals surface area contributed by atoms with Gasteiger partial charge in [0.1, 0.15) is 6.61 Å². The third-order valence-corrected chi connectivity index (χ3v) is 2.94. The molecule has 2 aromatic carbocycles. The molecule has 4 heteroatoms. The number of phenolic OH excluding ortho intramolecular Hbond substituents is 1. The topological polar surface area (TPSA) is 59.7 Å². The number of para-hydroxylation sites is 1. The Morgan fingerprint density at radius 2 is 1.90 bits per heavy atom. The summed E-state index contributed by atoms with van der Waals surface area (Å²) in [4.78, 5) is 11.9. The van der Waals surface area contributed by atoms with Crippen molar-refractivity contribution in [2.24, 2.45) is 0 Å². The summed E-state index contributed by atoms with van der Waals surface area (Å²) in [5.41, 5.74) is 1.19. The van der Waals surface area contributed by atoms with Crippen molar-refractivity contribution in [3.05, 3.63) is 65.9 Å². The number of phenols is 1. The van der Waals surface area contributed by atoms with E-state index in [4.69, 9.17) is 9.15 Å². The number of benzene rings is 2. The predicted octanol–water partition coefficient (Wildman–Crippen LogP) is 3.50. The number of rotatable bonds is 3. The molecular weight excluding hydrogens is 256 g/mol. The van der Waals surface area contributed by atoms with Crippen LogP contribution in [0.4, 0.5) is 0 Å². The second kappa shape index (κ2) is 5.09. The van der Waals surface area contributed by atoms with Gasteiger partial charge in [0.2, 0.25) is 5.76 Å². The highest BCUT2D eigenvalue weighted by atomic mass is 16.5. The minimum Gasteiger partial charge on any atom is -0.504 e. The van der Waals surface area contributed by atoms with Crippen LogP contribution in [-0.4, -0.2) is 11.1 Å². The number of fused-ring (bicyclic) bond motifs is 1. The minimum atomic E-state index is -0.551. The van der Waals surface area contributed by atoms with E-state index in [1.54, 1.807) is 18.2 Å². The first kappa shape index (κ1) is 12.3. The van der Waals surface area contributed by atoms with E-state index in [0.717, 1.165) is 5.56 Å². The summed E-state index contributed by atoms with van der Waals surface area (Å²) in [7, 11) is 0. The summed E-state index contributed by atoms with van der Waals surface area (Å²) >= 11 is 0. The van der Waals surface area contributed by atoms with E-state index in [1.165, 1.54) is 6.07 Å². The number of hydrogen-bond donors (Lipinski definition) is 1. The van der Waals surface area contributed by atoms with Gasteiger partial charge in [-0.15, -0.1) is 0 Å². The van der Waals surface area contributed by atoms with E-state index in [9.17, 15) is 9.90 Å². The van der Waals surface area contributed by atoms with Gasteiger partial charge in [0, 0.05) is 5.39 Å². The van der Waals surface area contributed by atoms with Crippen molar-refractivity contribution in [2.45, 2.75) is 6.61 Å². The van der Waals surface area contributed by atoms with Crippen LogP contribution >= 0.6 is 0 Å². The van der Waals surface area contributed by atoms with Gasteiger partial charge in [-0.3, -0.25) is 0 Å². The fraction of sp³-hybridized carbons (Fsp3) is 0.0625. The van der Waals surface area contributed by atoms with Crippen LogP contribution in [0.5, 0.6) is 5.75 Å². The Kier molecular flexibility index (Phi) is 3.13. The molecule has 0 bridgehead atoms. The Labute approximate surface area is 115 Å². The number of esters is 1. The second-order valence-electron chi connectivity index (χ2n) is 4.37. The van der Waals surface area contributed by atoms with Gasteiger partial charge in [0.15, 0.2) is 11.3 Å². The van der Waals surface area contributed by atoms with E-state index in [1.807, 2.05) is 30.3 Å². The van der Waals surface area contributed by atoms with E-state index in [-0.39, 0.29) is 18.1 Å². The summed E-state index contributed by atoms with van der Waals surface area (Å²) in [6, 6.07) is 15.9. The molecule has 4 nitrogen and oxygen atoms in total. The molecule has 3 rings (SSSR count). The third-order valence-electron chi connectivity index (χ3n) is 2.94. The smallest absolute Gasteiger partial charge is 0.374 e. The van der Waals surface area contributed by atoms with Gasteiger partial charge in [0.05, 0.1) is 0 Å². The van der Waals surface area contributed by atoms with Crippen molar-refractivity contribution < 1.29 is 19.1 Å². The molecule has 20 heavy (non-hydrogen) atoms. The van der Waals surface area contributed by atoms with Crippen LogP contribution in [-0.2, 0) is 11.3 Å². The number of carbonyl (C=O) groups excluding carboxylic acids is 1. The zero-order valence-electron chi connectivity index (χ0n) is 10.6. The molecule has 0 unspecified atom stereocenters. The monoisotopic (exact) mass is 268 g/mol. The summed E-state index contributed by atoms with van der Waals surface area (Å²) in [5.74, 6) is -0.466. The molecule has 0 spiro atoms. The van der Waals surface area contributed by atoms with E-state index in [0.29, 0.717) is 11.0 Å². The molecule has 100 valence electrons. The van der Waals surface area contributed by atoms with Crippen LogP contribution < -0.4 is 0 Å². The zero-order valence-corrected chi connectivity index (χ0v) is 10.6. The van der Waals surface area contributed by atoms with E-state index >= 15 is 0 Å². The maximum atomic E-state index is 11.9. The van der Waals surface area contributed by atoms with Crippen LogP contribution in [0.25, 0.3) is 11.0 Å². The number of carbonyl (C=O) groups is 1. The van der Waals surface area contributed by atoms with Gasteiger partial charge in [-0.1, -0.05) is 42.5 Å². The van der Waals surface area contributed by atoms with E-state index in [2.05, 4.69) is 0 Å². The average molecular weight is 268 g/mol. The lowest BCUT2D eigenvalue weighted by Crippen LogP contribution is -2.03. The zero-order chi connectivity index (χ0) is 13.9. The largest absolute Gasteiger partial charge is 0.504 e. The molecule has 0 aliphatic heterocycles. The number of hydrogen-bond acceptors (Lipinski definition) is 4. The quantitative estimate of drug-likeness (QED) is 0.738. The molecule has 1 N–H and O–H groups in total. The van der Waals surface area contributed by atoms with Crippen molar-refractivity contribution in [1.29, 1.82) is 0 Å². The van der Waals surface area contributed by atoms with Crippen LogP contribution in [0, 0.1) is 0 Å². The van der Waals surface area contributed by atoms with Gasteiger partial charge in [0.25, 0.3) is 0 Å². The Morgan fingerprint density at radius 1 is 1.10 bits per heavy atom. The maximum absolute atomic E-state index is 11.9. The Hall–Kier alpha value is -2.75. The number of aromatic hydroxyl groups is 1. The molecule has 0 aliphatic rings. The maximum Gasteiger partial charge on any atom is 0.374 e. The van der Waals surface area contributed by atoms with Crippen LogP contribution in [0.15, 0.2) is 59.0 Å². The van der Waals surface area contributed by atoms with E-state index < -0.39 is 5.97 Å². The normalized spacial score (nSPS) is 10.6. The van der Waals surface area contributed by atoms with Crippen molar-refractivity contribution >= 4 is 16.9 Å². The molecule has 3 aromatic rings. The van der Waals surface area contributed by atoms with Crippen molar-refractivity contribution in [1.82, 2.24) is 0 Å². The first-order valence-corrected chi connectivity index (χ1v) is 6.16. The van der Waals surface area contributed by atoms with Crippen molar-refractivity contribution in [3.8, 4) is 5.75 Å². The van der Waals surface area contributed by atoms with Crippen molar-refractivity contribution in [2.75, 3.05) is 0 Å². The Bertz CT molecular complexity index is 744. The summed E-state index contributed by atoms with van der Waals surface area (Å²) in [6.07, 6.45) is 0. The average Bonchev–Trinajstić information content (AvgIpc) is 2.91. The third kappa shape index (κ3) is 2.36. The molecule has 0 radical (unpaired) electrons. The molecule has 0 atom stereocenters. The summed E-state index contributed by atoms with van der Waals surface area (Å²) < 4.78 is 10.5. The predicted molar refractivity (Wildman–Crippen MR) is 73.4 cm³/mol. The molecule has 0 saturated carbocycles. The highest BCUT2D eigenvalue weighted by molar-refractivity contribution is 5.94. The molecule has 1 aromatic heterocycles. The fourth-order valence-electron chi connectivity index (χ4n) is 1.94. The first-order valence-electron chi connectivity index (χ1n) is 6.16. The summed E-state index contributed by atoms with van der Waals surface area (Å²) in [5, 5.41) is 10.3. The number of furan rings is 1. The lowest BCUT2D eigenvalue weighted by atomic mass is 10.2. The molecule has 0 fully saturated rings. The van der Waals surface area contributed by atoms with Gasteiger partial charge >= 0.3 is 5.97 Å². The highest BCUT2D eigenvalue weighted by Crippen LogP contribution is 2.27. The molecule has 0 amide bonds. The van der Waals surface area contributed by atoms with Gasteiger partial charge in [-0.05, 0) is 17.7 Å². The lowest BCUT2D eigenvalue weighted by Gasteiger charge is -2.02. The second-order valence-corrected chi connectivity index (χ2v) is 4.37.